The van der Waals surface area contributed by atoms with Crippen molar-refractivity contribution in [1.82, 2.24) is 0 Å². The molecule has 100 valence electrons. The van der Waals surface area contributed by atoms with E-state index in [0.717, 1.165) is 45.3 Å². The molecule has 0 spiro atoms. The summed E-state index contributed by atoms with van der Waals surface area (Å²) in [7, 11) is 0. The van der Waals surface area contributed by atoms with Gasteiger partial charge in [-0.15, -0.1) is 0 Å². The van der Waals surface area contributed by atoms with Gasteiger partial charge in [-0.05, 0) is 51.9 Å². The summed E-state index contributed by atoms with van der Waals surface area (Å²) in [5.41, 5.74) is 0. The standard InChI is InChI=1S/C14H26O3/c1-13(15)9-5-3-2-4-7-11-16-14-10-6-8-12-17-14/h2,4,13-15H,3,5-12H2,1H3/b4-2-/t13-,14?/m1/s1. The van der Waals surface area contributed by atoms with Crippen LogP contribution in [-0.4, -0.2) is 30.7 Å². The topological polar surface area (TPSA) is 38.7 Å². The quantitative estimate of drug-likeness (QED) is 0.525. The van der Waals surface area contributed by atoms with Crippen molar-refractivity contribution in [3.63, 3.8) is 0 Å². The lowest BCUT2D eigenvalue weighted by molar-refractivity contribution is -0.161. The van der Waals surface area contributed by atoms with Gasteiger partial charge in [0, 0.05) is 6.61 Å². The van der Waals surface area contributed by atoms with E-state index in [0.29, 0.717) is 0 Å². The Morgan fingerprint density at radius 3 is 2.88 bits per heavy atom. The Labute approximate surface area is 105 Å². The van der Waals surface area contributed by atoms with Crippen LogP contribution in [0, 0.1) is 0 Å². The second-order valence-electron chi connectivity index (χ2n) is 4.71. The molecule has 0 aromatic heterocycles. The van der Waals surface area contributed by atoms with E-state index in [2.05, 4.69) is 12.2 Å². The van der Waals surface area contributed by atoms with Crippen molar-refractivity contribution < 1.29 is 14.6 Å². The monoisotopic (exact) mass is 242 g/mol. The molecule has 1 unspecified atom stereocenters. The van der Waals surface area contributed by atoms with Gasteiger partial charge < -0.3 is 14.6 Å². The van der Waals surface area contributed by atoms with E-state index in [-0.39, 0.29) is 12.4 Å². The van der Waals surface area contributed by atoms with Crippen molar-refractivity contribution in [2.24, 2.45) is 0 Å². The summed E-state index contributed by atoms with van der Waals surface area (Å²) in [5.74, 6) is 0. The minimum absolute atomic E-state index is 0.0346. The van der Waals surface area contributed by atoms with Crippen molar-refractivity contribution in [2.75, 3.05) is 13.2 Å². The van der Waals surface area contributed by atoms with Crippen molar-refractivity contribution in [1.29, 1.82) is 0 Å². The molecule has 1 heterocycles. The second kappa shape index (κ2) is 9.63. The molecule has 0 saturated carbocycles. The molecule has 1 rings (SSSR count). The molecule has 0 aromatic carbocycles. The van der Waals surface area contributed by atoms with E-state index in [4.69, 9.17) is 14.6 Å². The van der Waals surface area contributed by atoms with Crippen LogP contribution in [0.25, 0.3) is 0 Å². The normalized spacial score (nSPS) is 23.1. The molecule has 1 N–H and O–H groups in total. The SMILES string of the molecule is C[C@@H](O)CCC/C=C\CCOC1CCCCO1. The van der Waals surface area contributed by atoms with E-state index >= 15 is 0 Å². The summed E-state index contributed by atoms with van der Waals surface area (Å²) < 4.78 is 11.1. The summed E-state index contributed by atoms with van der Waals surface area (Å²) in [4.78, 5) is 0. The Morgan fingerprint density at radius 1 is 1.35 bits per heavy atom. The zero-order valence-corrected chi connectivity index (χ0v) is 10.9. The average molecular weight is 242 g/mol. The first kappa shape index (κ1) is 14.7. The third-order valence-corrected chi connectivity index (χ3v) is 2.89. The molecule has 1 aliphatic heterocycles. The molecule has 0 aliphatic carbocycles. The number of aliphatic hydroxyl groups is 1. The molecule has 1 fully saturated rings. The number of hydrogen-bond acceptors (Lipinski definition) is 3. The van der Waals surface area contributed by atoms with Gasteiger partial charge >= 0.3 is 0 Å². The third-order valence-electron chi connectivity index (χ3n) is 2.89. The number of rotatable bonds is 8. The fourth-order valence-electron chi connectivity index (χ4n) is 1.88. The van der Waals surface area contributed by atoms with E-state index in [1.807, 2.05) is 6.92 Å². The molecule has 1 aliphatic rings. The molecule has 1 saturated heterocycles. The highest BCUT2D eigenvalue weighted by Gasteiger charge is 2.12. The van der Waals surface area contributed by atoms with Crippen LogP contribution in [0.5, 0.6) is 0 Å². The summed E-state index contributed by atoms with van der Waals surface area (Å²) in [6.07, 6.45) is 11.6. The fourth-order valence-corrected chi connectivity index (χ4v) is 1.88. The highest BCUT2D eigenvalue weighted by Crippen LogP contribution is 2.13. The van der Waals surface area contributed by atoms with Crippen LogP contribution in [0.1, 0.15) is 51.9 Å². The summed E-state index contributed by atoms with van der Waals surface area (Å²) in [5, 5.41) is 9.08. The number of ether oxygens (including phenoxy) is 2. The van der Waals surface area contributed by atoms with Gasteiger partial charge in [-0.3, -0.25) is 0 Å². The molecule has 2 atom stereocenters. The highest BCUT2D eigenvalue weighted by molar-refractivity contribution is 4.81. The molecule has 3 nitrogen and oxygen atoms in total. The Bertz CT molecular complexity index is 196. The number of unbranched alkanes of at least 4 members (excludes halogenated alkanes) is 1. The lowest BCUT2D eigenvalue weighted by atomic mass is 10.1. The zero-order chi connectivity index (χ0) is 12.3. The number of allylic oxidation sites excluding steroid dienone is 1. The molecule has 17 heavy (non-hydrogen) atoms. The third kappa shape index (κ3) is 8.36. The summed E-state index contributed by atoms with van der Waals surface area (Å²) in [6.45, 7) is 3.43. The van der Waals surface area contributed by atoms with E-state index in [1.165, 1.54) is 12.8 Å². The predicted octanol–water partition coefficient (Wildman–Crippen LogP) is 3.03. The zero-order valence-electron chi connectivity index (χ0n) is 10.9. The first-order valence-corrected chi connectivity index (χ1v) is 6.85. The van der Waals surface area contributed by atoms with E-state index < -0.39 is 0 Å². The van der Waals surface area contributed by atoms with Crippen LogP contribution in [-0.2, 0) is 9.47 Å². The molecule has 0 aromatic rings. The molecule has 0 amide bonds. The van der Waals surface area contributed by atoms with Crippen molar-refractivity contribution in [3.05, 3.63) is 12.2 Å². The fraction of sp³-hybridized carbons (Fsp3) is 0.857. The summed E-state index contributed by atoms with van der Waals surface area (Å²) in [6, 6.07) is 0. The molecule has 0 bridgehead atoms. The van der Waals surface area contributed by atoms with Crippen molar-refractivity contribution in [3.8, 4) is 0 Å². The predicted molar refractivity (Wildman–Crippen MR) is 68.8 cm³/mol. The van der Waals surface area contributed by atoms with Gasteiger partial charge in [0.15, 0.2) is 6.29 Å². The van der Waals surface area contributed by atoms with Crippen LogP contribution in [0.15, 0.2) is 12.2 Å². The highest BCUT2D eigenvalue weighted by atomic mass is 16.7. The van der Waals surface area contributed by atoms with Crippen molar-refractivity contribution >= 4 is 0 Å². The van der Waals surface area contributed by atoms with Crippen molar-refractivity contribution in [2.45, 2.75) is 64.3 Å². The van der Waals surface area contributed by atoms with E-state index in [1.54, 1.807) is 0 Å². The van der Waals surface area contributed by atoms with Crippen LogP contribution < -0.4 is 0 Å². The number of aliphatic hydroxyl groups excluding tert-OH is 1. The van der Waals surface area contributed by atoms with Gasteiger partial charge in [-0.2, -0.15) is 0 Å². The largest absolute Gasteiger partial charge is 0.393 e. The number of hydrogen-bond donors (Lipinski definition) is 1. The molecule has 3 heteroatoms. The molecular weight excluding hydrogens is 216 g/mol. The Kier molecular flexibility index (Phi) is 8.32. The van der Waals surface area contributed by atoms with Gasteiger partial charge in [-0.25, -0.2) is 0 Å². The molecular formula is C14H26O3. The van der Waals surface area contributed by atoms with E-state index in [9.17, 15) is 0 Å². The van der Waals surface area contributed by atoms with Gasteiger partial charge in [0.25, 0.3) is 0 Å². The first-order chi connectivity index (χ1) is 8.29. The smallest absolute Gasteiger partial charge is 0.157 e. The lowest BCUT2D eigenvalue weighted by Crippen LogP contribution is -2.22. The molecule has 0 radical (unpaired) electrons. The first-order valence-electron chi connectivity index (χ1n) is 6.85. The Balaban J connectivity index is 1.87. The van der Waals surface area contributed by atoms with Gasteiger partial charge in [0.1, 0.15) is 0 Å². The minimum Gasteiger partial charge on any atom is -0.393 e. The van der Waals surface area contributed by atoms with Gasteiger partial charge in [-0.1, -0.05) is 12.2 Å². The maximum Gasteiger partial charge on any atom is 0.157 e. The van der Waals surface area contributed by atoms with Crippen LogP contribution in [0.4, 0.5) is 0 Å². The van der Waals surface area contributed by atoms with Gasteiger partial charge in [0.2, 0.25) is 0 Å². The maximum atomic E-state index is 9.08. The van der Waals surface area contributed by atoms with Crippen LogP contribution in [0.2, 0.25) is 0 Å². The average Bonchev–Trinajstić information content (AvgIpc) is 2.33. The van der Waals surface area contributed by atoms with Crippen LogP contribution >= 0.6 is 0 Å². The summed E-state index contributed by atoms with van der Waals surface area (Å²) >= 11 is 0. The van der Waals surface area contributed by atoms with Gasteiger partial charge in [0.05, 0.1) is 12.7 Å². The second-order valence-corrected chi connectivity index (χ2v) is 4.71. The Hall–Kier alpha value is -0.380. The Morgan fingerprint density at radius 2 is 2.18 bits per heavy atom. The van der Waals surface area contributed by atoms with Crippen LogP contribution in [0.3, 0.4) is 0 Å². The maximum absolute atomic E-state index is 9.08. The minimum atomic E-state index is -0.171. The lowest BCUT2D eigenvalue weighted by Gasteiger charge is -2.22.